The van der Waals surface area contributed by atoms with Gasteiger partial charge in [-0.05, 0) is 55.7 Å². The lowest BCUT2D eigenvalue weighted by molar-refractivity contribution is -0.130. The summed E-state index contributed by atoms with van der Waals surface area (Å²) in [7, 11) is 3.47. The number of ether oxygens (including phenoxy) is 2. The number of piperidine rings is 2. The van der Waals surface area contributed by atoms with Crippen LogP contribution in [0.25, 0.3) is 0 Å². The monoisotopic (exact) mass is 482 g/mol. The van der Waals surface area contributed by atoms with E-state index in [1.54, 1.807) is 14.2 Å². The molecule has 2 aliphatic rings. The highest BCUT2D eigenvalue weighted by atomic mass is 35.5. The highest BCUT2D eigenvalue weighted by molar-refractivity contribution is 6.67. The Hall–Kier alpha value is 0.180. The number of nitrogens with one attached hydrogen (secondary N) is 1. The van der Waals surface area contributed by atoms with Crippen LogP contribution in [0, 0.1) is 11.8 Å². The van der Waals surface area contributed by atoms with Crippen LogP contribution in [0.3, 0.4) is 0 Å². The Morgan fingerprint density at radius 1 is 1.04 bits per heavy atom. The topological polar surface area (TPSA) is 67.9 Å². The van der Waals surface area contributed by atoms with E-state index < -0.39 is 5.24 Å². The van der Waals surface area contributed by atoms with E-state index >= 15 is 0 Å². The van der Waals surface area contributed by atoms with Crippen LogP contribution in [0.1, 0.15) is 25.7 Å². The van der Waals surface area contributed by atoms with Crippen molar-refractivity contribution in [3.05, 3.63) is 0 Å². The second-order valence-corrected chi connectivity index (χ2v) is 7.55. The Labute approximate surface area is 190 Å². The highest BCUT2D eigenvalue weighted by Gasteiger charge is 2.22. The maximum Gasteiger partial charge on any atom is 0.237 e. The number of methoxy groups -OCH3 is 2. The van der Waals surface area contributed by atoms with E-state index in [-0.39, 0.29) is 30.1 Å². The van der Waals surface area contributed by atoms with E-state index in [2.05, 4.69) is 5.32 Å². The number of halogens is 4. The molecule has 2 rings (SSSR count). The van der Waals surface area contributed by atoms with Crippen molar-refractivity contribution in [3.8, 4) is 0 Å². The van der Waals surface area contributed by atoms with Crippen LogP contribution in [0.4, 0.5) is 0 Å². The molecular weight excluding hydrogens is 450 g/mol. The first-order chi connectivity index (χ1) is 13.0. The second kappa shape index (κ2) is 20.5. The number of hydrogen-bond acceptors (Lipinski definition) is 5. The summed E-state index contributed by atoms with van der Waals surface area (Å²) >= 11 is 15.0. The molecule has 2 fully saturated rings. The van der Waals surface area contributed by atoms with Crippen molar-refractivity contribution in [3.63, 3.8) is 0 Å². The van der Waals surface area contributed by atoms with E-state index in [1.807, 2.05) is 4.90 Å². The minimum atomic E-state index is -0.508. The van der Waals surface area contributed by atoms with Gasteiger partial charge in [-0.25, -0.2) is 0 Å². The van der Waals surface area contributed by atoms with E-state index in [4.69, 9.17) is 44.3 Å². The van der Waals surface area contributed by atoms with Gasteiger partial charge in [0.25, 0.3) is 0 Å². The third kappa shape index (κ3) is 16.0. The molecule has 2 saturated heterocycles. The van der Waals surface area contributed by atoms with Crippen molar-refractivity contribution in [2.24, 2.45) is 11.8 Å². The Kier molecular flexibility index (Phi) is 22.2. The largest absolute Gasteiger partial charge is 0.384 e. The maximum absolute atomic E-state index is 11.3. The molecule has 0 aromatic rings. The molecule has 0 unspecified atom stereocenters. The number of amides is 1. The molecule has 0 radical (unpaired) electrons. The molecule has 0 spiro atoms. The second-order valence-electron chi connectivity index (χ2n) is 6.59. The molecule has 0 aromatic heterocycles. The fourth-order valence-corrected chi connectivity index (χ4v) is 3.22. The quantitative estimate of drug-likeness (QED) is 0.464. The first-order valence-corrected chi connectivity index (χ1v) is 10.7. The lowest BCUT2D eigenvalue weighted by atomic mass is 9.99. The maximum atomic E-state index is 11.3. The lowest BCUT2D eigenvalue weighted by Crippen LogP contribution is -2.41. The molecule has 1 amide bonds. The summed E-state index contributed by atoms with van der Waals surface area (Å²) < 4.78 is 10.1. The van der Waals surface area contributed by atoms with Gasteiger partial charge in [0.15, 0.2) is 0 Å². The number of nitrogens with zero attached hydrogens (tertiary/aromatic N) is 1. The molecular formula is C18H34Cl4N2O4. The van der Waals surface area contributed by atoms with Gasteiger partial charge in [-0.2, -0.15) is 0 Å². The summed E-state index contributed by atoms with van der Waals surface area (Å²) in [5.74, 6) is 1.30. The molecule has 28 heavy (non-hydrogen) atoms. The Bertz CT molecular complexity index is 395. The Morgan fingerprint density at radius 2 is 1.61 bits per heavy atom. The number of carbonyl (C=O) groups is 2. The van der Waals surface area contributed by atoms with Crippen LogP contribution in [0.5, 0.6) is 0 Å². The van der Waals surface area contributed by atoms with Gasteiger partial charge in [0.2, 0.25) is 11.1 Å². The van der Waals surface area contributed by atoms with Crippen LogP contribution >= 0.6 is 47.2 Å². The van der Waals surface area contributed by atoms with Crippen molar-refractivity contribution >= 4 is 58.4 Å². The van der Waals surface area contributed by atoms with E-state index in [0.717, 1.165) is 51.6 Å². The molecule has 0 aromatic carbocycles. The Balaban J connectivity index is 0. The SMILES string of the molecule is COC[C@@H]1CCCN(C(=O)CCl)C1.COC[C@@H]1CCCNC1.Cl.O=C(Cl)CCl. The number of likely N-dealkylation sites (tertiary alicyclic amines) is 1. The fourth-order valence-electron chi connectivity index (χ4n) is 3.05. The predicted molar refractivity (Wildman–Crippen MR) is 118 cm³/mol. The van der Waals surface area contributed by atoms with Crippen molar-refractivity contribution in [1.82, 2.24) is 10.2 Å². The van der Waals surface area contributed by atoms with Crippen molar-refractivity contribution in [2.45, 2.75) is 25.7 Å². The summed E-state index contributed by atoms with van der Waals surface area (Å²) in [6.07, 6.45) is 4.87. The molecule has 0 saturated carbocycles. The molecule has 2 aliphatic heterocycles. The third-order valence-electron chi connectivity index (χ3n) is 4.29. The normalized spacial score (nSPS) is 21.2. The van der Waals surface area contributed by atoms with Gasteiger partial charge >= 0.3 is 0 Å². The van der Waals surface area contributed by atoms with Crippen LogP contribution in [-0.4, -0.2) is 81.4 Å². The van der Waals surface area contributed by atoms with Crippen molar-refractivity contribution < 1.29 is 19.1 Å². The minimum Gasteiger partial charge on any atom is -0.384 e. The predicted octanol–water partition coefficient (Wildman–Crippen LogP) is 3.16. The molecule has 6 nitrogen and oxygen atoms in total. The fraction of sp³-hybridized carbons (Fsp3) is 0.889. The molecule has 2 heterocycles. The van der Waals surface area contributed by atoms with Gasteiger partial charge in [-0.15, -0.1) is 35.6 Å². The standard InChI is InChI=1S/C9H16ClNO2.C7H15NO.C2H2Cl2O.ClH/c1-13-7-8-3-2-4-11(6-8)9(12)5-10;1-9-6-7-3-2-4-8-5-7;3-1-2(4)5;/h8H,2-7H2,1H3;7-8H,2-6H2,1H3;1H2;1H/t8-;7-;;/m11../s1. The van der Waals surface area contributed by atoms with Crippen LogP contribution in [0.15, 0.2) is 0 Å². The number of carbonyl (C=O) groups excluding carboxylic acids is 2. The zero-order chi connectivity index (χ0) is 20.5. The first-order valence-electron chi connectivity index (χ1n) is 9.25. The molecule has 168 valence electrons. The van der Waals surface area contributed by atoms with Crippen LogP contribution in [-0.2, 0) is 19.1 Å². The smallest absolute Gasteiger partial charge is 0.237 e. The van der Waals surface area contributed by atoms with Gasteiger partial charge < -0.3 is 19.7 Å². The highest BCUT2D eigenvalue weighted by Crippen LogP contribution is 2.16. The van der Waals surface area contributed by atoms with E-state index in [0.29, 0.717) is 5.92 Å². The van der Waals surface area contributed by atoms with Gasteiger partial charge in [0.1, 0.15) is 5.88 Å². The van der Waals surface area contributed by atoms with Crippen molar-refractivity contribution in [1.29, 1.82) is 0 Å². The Morgan fingerprint density at radius 3 is 2.07 bits per heavy atom. The number of rotatable bonds is 6. The summed E-state index contributed by atoms with van der Waals surface area (Å²) in [5, 5.41) is 2.83. The number of alkyl halides is 2. The molecule has 2 atom stereocenters. The average molecular weight is 484 g/mol. The molecule has 1 N–H and O–H groups in total. The average Bonchev–Trinajstić information content (AvgIpc) is 2.70. The number of hydrogen-bond donors (Lipinski definition) is 1. The molecule has 0 aliphatic carbocycles. The summed E-state index contributed by atoms with van der Waals surface area (Å²) in [6, 6.07) is 0. The first kappa shape index (κ1) is 30.4. The van der Waals surface area contributed by atoms with Gasteiger partial charge in [0.05, 0.1) is 19.1 Å². The van der Waals surface area contributed by atoms with Gasteiger partial charge in [-0.3, -0.25) is 9.59 Å². The van der Waals surface area contributed by atoms with Gasteiger partial charge in [0, 0.05) is 33.9 Å². The van der Waals surface area contributed by atoms with Crippen molar-refractivity contribution in [2.75, 3.05) is 65.4 Å². The zero-order valence-electron chi connectivity index (χ0n) is 16.8. The third-order valence-corrected chi connectivity index (χ3v) is 5.04. The molecule has 0 bridgehead atoms. The minimum absolute atomic E-state index is 0. The van der Waals surface area contributed by atoms with E-state index in [9.17, 15) is 9.59 Å². The lowest BCUT2D eigenvalue weighted by Gasteiger charge is -2.31. The molecule has 10 heteroatoms. The summed E-state index contributed by atoms with van der Waals surface area (Å²) in [6.45, 7) is 5.66. The summed E-state index contributed by atoms with van der Waals surface area (Å²) in [5.41, 5.74) is 0. The van der Waals surface area contributed by atoms with Crippen LogP contribution < -0.4 is 5.32 Å². The van der Waals surface area contributed by atoms with E-state index in [1.165, 1.54) is 19.4 Å². The van der Waals surface area contributed by atoms with Crippen LogP contribution in [0.2, 0.25) is 0 Å². The zero-order valence-corrected chi connectivity index (χ0v) is 19.8. The summed E-state index contributed by atoms with van der Waals surface area (Å²) in [4.78, 5) is 22.5. The van der Waals surface area contributed by atoms with Gasteiger partial charge in [-0.1, -0.05) is 0 Å².